The SMILES string of the molecule is CC(NC(=O)Cc1csc(NC(=O)c2ccccc2F)n1)c1cccc(OCc2ccccn2)c1. The third kappa shape index (κ3) is 6.70. The van der Waals surface area contributed by atoms with Crippen LogP contribution in [0.1, 0.15) is 40.3 Å². The summed E-state index contributed by atoms with van der Waals surface area (Å²) in [5.74, 6) is -0.729. The van der Waals surface area contributed by atoms with Crippen LogP contribution in [-0.4, -0.2) is 21.8 Å². The average molecular weight is 491 g/mol. The van der Waals surface area contributed by atoms with Gasteiger partial charge in [0.05, 0.1) is 29.4 Å². The standard InChI is InChI=1S/C26H23FN4O3S/c1-17(18-7-6-9-21(13-18)34-15-19-8-4-5-12-28-19)29-24(32)14-20-16-35-26(30-20)31-25(33)22-10-2-3-11-23(22)27/h2-13,16-17H,14-15H2,1H3,(H,29,32)(H,30,31,33). The molecule has 0 aliphatic heterocycles. The molecule has 0 bridgehead atoms. The van der Waals surface area contributed by atoms with Crippen LogP contribution in [-0.2, 0) is 17.8 Å². The maximum atomic E-state index is 13.8. The van der Waals surface area contributed by atoms with Gasteiger partial charge in [0.15, 0.2) is 5.13 Å². The Labute approximate surface area is 206 Å². The predicted molar refractivity (Wildman–Crippen MR) is 132 cm³/mol. The zero-order valence-corrected chi connectivity index (χ0v) is 19.7. The van der Waals surface area contributed by atoms with Crippen molar-refractivity contribution in [3.05, 3.63) is 107 Å². The number of amides is 2. The molecule has 1 atom stereocenters. The Morgan fingerprint density at radius 2 is 1.89 bits per heavy atom. The van der Waals surface area contributed by atoms with Crippen molar-refractivity contribution in [2.45, 2.75) is 26.0 Å². The van der Waals surface area contributed by atoms with E-state index in [4.69, 9.17) is 4.74 Å². The Morgan fingerprint density at radius 3 is 2.69 bits per heavy atom. The minimum absolute atomic E-state index is 0.0479. The van der Waals surface area contributed by atoms with Gasteiger partial charge in [0.1, 0.15) is 18.2 Å². The van der Waals surface area contributed by atoms with Crippen LogP contribution in [0.2, 0.25) is 0 Å². The van der Waals surface area contributed by atoms with Crippen LogP contribution in [0.5, 0.6) is 5.75 Å². The van der Waals surface area contributed by atoms with E-state index in [9.17, 15) is 14.0 Å². The number of halogens is 1. The van der Waals surface area contributed by atoms with Gasteiger partial charge in [0.25, 0.3) is 5.91 Å². The summed E-state index contributed by atoms with van der Waals surface area (Å²) in [4.78, 5) is 33.3. The Bertz CT molecular complexity index is 1310. The first-order valence-electron chi connectivity index (χ1n) is 10.9. The molecule has 0 fully saturated rings. The van der Waals surface area contributed by atoms with E-state index in [0.29, 0.717) is 23.2 Å². The summed E-state index contributed by atoms with van der Waals surface area (Å²) in [5, 5.41) is 7.50. The number of ether oxygens (including phenoxy) is 1. The fourth-order valence-corrected chi connectivity index (χ4v) is 4.02. The van der Waals surface area contributed by atoms with E-state index >= 15 is 0 Å². The number of hydrogen-bond acceptors (Lipinski definition) is 6. The highest BCUT2D eigenvalue weighted by molar-refractivity contribution is 7.14. The highest BCUT2D eigenvalue weighted by Gasteiger charge is 2.15. The number of thiazole rings is 1. The number of pyridine rings is 1. The number of hydrogen-bond donors (Lipinski definition) is 2. The summed E-state index contributed by atoms with van der Waals surface area (Å²) < 4.78 is 19.6. The van der Waals surface area contributed by atoms with Crippen molar-refractivity contribution < 1.29 is 18.7 Å². The van der Waals surface area contributed by atoms with Crippen molar-refractivity contribution in [3.63, 3.8) is 0 Å². The molecule has 1 unspecified atom stereocenters. The van der Waals surface area contributed by atoms with Crippen LogP contribution in [0.25, 0.3) is 0 Å². The van der Waals surface area contributed by atoms with Gasteiger partial charge in [-0.3, -0.25) is 19.9 Å². The molecular weight excluding hydrogens is 467 g/mol. The van der Waals surface area contributed by atoms with Crippen molar-refractivity contribution >= 4 is 28.3 Å². The smallest absolute Gasteiger partial charge is 0.260 e. The van der Waals surface area contributed by atoms with Gasteiger partial charge < -0.3 is 10.1 Å². The number of anilines is 1. The summed E-state index contributed by atoms with van der Waals surface area (Å²) in [5.41, 5.74) is 2.16. The molecule has 2 aromatic heterocycles. The number of carbonyl (C=O) groups excluding carboxylic acids is 2. The van der Waals surface area contributed by atoms with E-state index in [-0.39, 0.29) is 23.9 Å². The van der Waals surface area contributed by atoms with Crippen molar-refractivity contribution in [2.75, 3.05) is 5.32 Å². The summed E-state index contributed by atoms with van der Waals surface area (Å²) in [6.45, 7) is 2.24. The van der Waals surface area contributed by atoms with Crippen LogP contribution in [0.15, 0.2) is 78.3 Å². The van der Waals surface area contributed by atoms with Gasteiger partial charge in [-0.05, 0) is 48.9 Å². The van der Waals surface area contributed by atoms with Gasteiger partial charge in [0.2, 0.25) is 5.91 Å². The normalized spacial score (nSPS) is 11.5. The van der Waals surface area contributed by atoms with Crippen LogP contribution in [0, 0.1) is 5.82 Å². The first-order valence-corrected chi connectivity index (χ1v) is 11.8. The van der Waals surface area contributed by atoms with Crippen molar-refractivity contribution in [3.8, 4) is 5.75 Å². The topological polar surface area (TPSA) is 93.2 Å². The minimum Gasteiger partial charge on any atom is -0.487 e. The van der Waals surface area contributed by atoms with Crippen LogP contribution >= 0.6 is 11.3 Å². The molecule has 9 heteroatoms. The minimum atomic E-state index is -0.610. The van der Waals surface area contributed by atoms with E-state index in [2.05, 4.69) is 20.6 Å². The second-order valence-corrected chi connectivity index (χ2v) is 8.58. The first-order chi connectivity index (χ1) is 17.0. The number of aromatic nitrogens is 2. The lowest BCUT2D eigenvalue weighted by molar-refractivity contribution is -0.121. The third-order valence-electron chi connectivity index (χ3n) is 5.08. The number of nitrogens with zero attached hydrogens (tertiary/aromatic N) is 2. The van der Waals surface area contributed by atoms with Crippen molar-refractivity contribution in [2.24, 2.45) is 0 Å². The molecule has 0 radical (unpaired) electrons. The molecule has 4 rings (SSSR count). The van der Waals surface area contributed by atoms with E-state index in [0.717, 1.165) is 11.3 Å². The predicted octanol–water partition coefficient (Wildman–Crippen LogP) is 4.93. The zero-order chi connectivity index (χ0) is 24.6. The van der Waals surface area contributed by atoms with Gasteiger partial charge in [0, 0.05) is 11.6 Å². The molecule has 0 saturated heterocycles. The quantitative estimate of drug-likeness (QED) is 0.347. The van der Waals surface area contributed by atoms with Crippen LogP contribution < -0.4 is 15.4 Å². The summed E-state index contributed by atoms with van der Waals surface area (Å²) in [6, 6.07) is 18.6. The zero-order valence-electron chi connectivity index (χ0n) is 18.9. The molecule has 0 spiro atoms. The second kappa shape index (κ2) is 11.3. The van der Waals surface area contributed by atoms with Gasteiger partial charge in [-0.2, -0.15) is 0 Å². The lowest BCUT2D eigenvalue weighted by Gasteiger charge is -2.15. The second-order valence-electron chi connectivity index (χ2n) is 7.73. The van der Waals surface area contributed by atoms with Gasteiger partial charge >= 0.3 is 0 Å². The maximum absolute atomic E-state index is 13.8. The van der Waals surface area contributed by atoms with E-state index < -0.39 is 11.7 Å². The van der Waals surface area contributed by atoms with E-state index in [1.807, 2.05) is 49.4 Å². The molecule has 0 aliphatic rings. The summed E-state index contributed by atoms with van der Waals surface area (Å²) in [7, 11) is 0. The fourth-order valence-electron chi connectivity index (χ4n) is 3.31. The molecule has 7 nitrogen and oxygen atoms in total. The summed E-state index contributed by atoms with van der Waals surface area (Å²) >= 11 is 1.17. The molecule has 2 aromatic carbocycles. The first kappa shape index (κ1) is 24.0. The van der Waals surface area contributed by atoms with E-state index in [1.165, 1.54) is 29.5 Å². The monoisotopic (exact) mass is 490 g/mol. The summed E-state index contributed by atoms with van der Waals surface area (Å²) in [6.07, 6.45) is 1.77. The molecule has 2 N–H and O–H groups in total. The van der Waals surface area contributed by atoms with Gasteiger partial charge in [-0.1, -0.05) is 30.3 Å². The van der Waals surface area contributed by atoms with Crippen LogP contribution in [0.3, 0.4) is 0 Å². The Hall–Kier alpha value is -4.11. The largest absolute Gasteiger partial charge is 0.487 e. The van der Waals surface area contributed by atoms with E-state index in [1.54, 1.807) is 17.6 Å². The third-order valence-corrected chi connectivity index (χ3v) is 5.89. The molecule has 2 heterocycles. The number of rotatable bonds is 9. The highest BCUT2D eigenvalue weighted by Crippen LogP contribution is 2.21. The Kier molecular flexibility index (Phi) is 7.79. The lowest BCUT2D eigenvalue weighted by atomic mass is 10.1. The fraction of sp³-hybridized carbons (Fsp3) is 0.154. The molecular formula is C26H23FN4O3S. The molecule has 0 aliphatic carbocycles. The Balaban J connectivity index is 1.30. The van der Waals surface area contributed by atoms with Crippen molar-refractivity contribution in [1.82, 2.24) is 15.3 Å². The highest BCUT2D eigenvalue weighted by atomic mass is 32.1. The molecule has 35 heavy (non-hydrogen) atoms. The van der Waals surface area contributed by atoms with Gasteiger partial charge in [-0.15, -0.1) is 11.3 Å². The van der Waals surface area contributed by atoms with Crippen molar-refractivity contribution in [1.29, 1.82) is 0 Å². The van der Waals surface area contributed by atoms with Crippen LogP contribution in [0.4, 0.5) is 9.52 Å². The number of nitrogens with one attached hydrogen (secondary N) is 2. The number of carbonyl (C=O) groups is 2. The Morgan fingerprint density at radius 1 is 1.06 bits per heavy atom. The molecule has 2 amide bonds. The molecule has 4 aromatic rings. The lowest BCUT2D eigenvalue weighted by Crippen LogP contribution is -2.28. The average Bonchev–Trinajstić information content (AvgIpc) is 3.30. The maximum Gasteiger partial charge on any atom is 0.260 e. The molecule has 0 saturated carbocycles. The molecule has 178 valence electrons. The van der Waals surface area contributed by atoms with Gasteiger partial charge in [-0.25, -0.2) is 9.37 Å². The number of benzene rings is 2.